The highest BCUT2D eigenvalue weighted by Gasteiger charge is 2.64. The molecule has 0 unspecified atom stereocenters. The fourth-order valence-corrected chi connectivity index (χ4v) is 6.56. The Hall–Kier alpha value is -0.880. The number of rotatable bonds is 38. The summed E-state index contributed by atoms with van der Waals surface area (Å²) in [7, 11) is 0. The van der Waals surface area contributed by atoms with Gasteiger partial charge in [-0.2, -0.15) is 22.0 Å². The maximum Gasteiger partial charge on any atom is 0.465 e. The number of unbranched alkanes of at least 4 members (excludes halogenated alkanes) is 35. The van der Waals surface area contributed by atoms with Crippen molar-refractivity contribution in [3.05, 3.63) is 0 Å². The van der Waals surface area contributed by atoms with Crippen molar-refractivity contribution in [2.45, 2.75) is 250 Å². The van der Waals surface area contributed by atoms with Crippen molar-refractivity contribution in [3.8, 4) is 0 Å². The first-order chi connectivity index (χ1) is 23.2. The van der Waals surface area contributed by atoms with E-state index in [-0.39, 0.29) is 0 Å². The maximum absolute atomic E-state index is 12.8. The summed E-state index contributed by atoms with van der Waals surface area (Å²) in [4.78, 5) is 10.9. The Kier molecular flexibility index (Phi) is 33.9. The minimum Gasteiger partial charge on any atom is -0.461 e. The summed E-state index contributed by atoms with van der Waals surface area (Å²) >= 11 is 0. The Bertz CT molecular complexity index is 668. The van der Waals surface area contributed by atoms with Gasteiger partial charge in [0.25, 0.3) is 0 Å². The Labute approximate surface area is 293 Å². The molecule has 0 aliphatic heterocycles. The van der Waals surface area contributed by atoms with Gasteiger partial charge in [0.05, 0.1) is 6.61 Å². The molecule has 0 heterocycles. The molecule has 0 aromatic rings. The standard InChI is InChI=1S/C41H77F5O2/c1-2-3-4-5-6-7-8-9-10-11-12-13-14-15-16-17-18-19-20-21-22-23-24-25-26-27-28-29-30-31-32-33-34-35-36-37-38-48-39(47)40(42,43)41(44,45)46/h2-38H2,1H3. The molecule has 0 radical (unpaired) electrons. The molecule has 0 atom stereocenters. The van der Waals surface area contributed by atoms with Crippen LogP contribution in [-0.4, -0.2) is 24.7 Å². The Balaban J connectivity index is 3.16. The average molecular weight is 697 g/mol. The molecule has 0 rings (SSSR count). The van der Waals surface area contributed by atoms with Gasteiger partial charge in [-0.05, 0) is 6.42 Å². The van der Waals surface area contributed by atoms with Gasteiger partial charge in [0, 0.05) is 0 Å². The van der Waals surface area contributed by atoms with Gasteiger partial charge >= 0.3 is 18.1 Å². The third-order valence-electron chi connectivity index (χ3n) is 9.84. The molecule has 0 spiro atoms. The van der Waals surface area contributed by atoms with Crippen molar-refractivity contribution in [2.24, 2.45) is 0 Å². The molecule has 48 heavy (non-hydrogen) atoms. The van der Waals surface area contributed by atoms with Crippen molar-refractivity contribution < 1.29 is 31.5 Å². The van der Waals surface area contributed by atoms with Gasteiger partial charge in [0.15, 0.2) is 0 Å². The van der Waals surface area contributed by atoms with Crippen LogP contribution >= 0.6 is 0 Å². The van der Waals surface area contributed by atoms with E-state index in [2.05, 4.69) is 11.7 Å². The van der Waals surface area contributed by atoms with E-state index in [4.69, 9.17) is 0 Å². The quantitative estimate of drug-likeness (QED) is 0.0365. The molecule has 0 aliphatic carbocycles. The summed E-state index contributed by atoms with van der Waals surface area (Å²) in [6, 6.07) is 0. The molecule has 0 N–H and O–H groups in total. The average Bonchev–Trinajstić information content (AvgIpc) is 3.05. The number of carbonyl (C=O) groups excluding carboxylic acids is 1. The number of hydrogen-bond acceptors (Lipinski definition) is 2. The van der Waals surface area contributed by atoms with Crippen LogP contribution < -0.4 is 0 Å². The van der Waals surface area contributed by atoms with Crippen molar-refractivity contribution >= 4 is 5.97 Å². The second kappa shape index (κ2) is 34.6. The highest BCUT2D eigenvalue weighted by atomic mass is 19.4. The van der Waals surface area contributed by atoms with Crippen LogP contribution in [0.3, 0.4) is 0 Å². The van der Waals surface area contributed by atoms with E-state index in [0.717, 1.165) is 19.3 Å². The predicted molar refractivity (Wildman–Crippen MR) is 194 cm³/mol. The lowest BCUT2D eigenvalue weighted by molar-refractivity contribution is -0.280. The molecule has 0 fully saturated rings. The van der Waals surface area contributed by atoms with Crippen LogP contribution in [0.4, 0.5) is 22.0 Å². The van der Waals surface area contributed by atoms with Crippen LogP contribution in [0, 0.1) is 0 Å². The normalized spacial score (nSPS) is 12.2. The first-order valence-electron chi connectivity index (χ1n) is 20.8. The van der Waals surface area contributed by atoms with Crippen LogP contribution in [-0.2, 0) is 9.53 Å². The van der Waals surface area contributed by atoms with E-state index in [1.165, 1.54) is 199 Å². The van der Waals surface area contributed by atoms with Gasteiger partial charge in [-0.3, -0.25) is 0 Å². The van der Waals surface area contributed by atoms with Gasteiger partial charge in [-0.1, -0.05) is 232 Å². The van der Waals surface area contributed by atoms with Crippen molar-refractivity contribution in [1.82, 2.24) is 0 Å². The van der Waals surface area contributed by atoms with E-state index in [1.54, 1.807) is 0 Å². The van der Waals surface area contributed by atoms with Crippen molar-refractivity contribution in [2.75, 3.05) is 6.61 Å². The molecular weight excluding hydrogens is 619 g/mol. The minimum absolute atomic E-state index is 0.305. The van der Waals surface area contributed by atoms with Gasteiger partial charge in [0.2, 0.25) is 0 Å². The zero-order valence-corrected chi connectivity index (χ0v) is 31.4. The maximum atomic E-state index is 12.8. The molecule has 0 saturated heterocycles. The summed E-state index contributed by atoms with van der Waals surface area (Å²) in [6.45, 7) is 1.89. The van der Waals surface area contributed by atoms with Crippen molar-refractivity contribution in [3.63, 3.8) is 0 Å². The number of halogens is 5. The molecule has 7 heteroatoms. The fraction of sp³-hybridized carbons (Fsp3) is 0.976. The van der Waals surface area contributed by atoms with Crippen LogP contribution in [0.2, 0.25) is 0 Å². The number of carbonyl (C=O) groups is 1. The highest BCUT2D eigenvalue weighted by Crippen LogP contribution is 2.36. The largest absolute Gasteiger partial charge is 0.465 e. The minimum atomic E-state index is -5.91. The van der Waals surface area contributed by atoms with E-state index >= 15 is 0 Å². The Morgan fingerprint density at radius 3 is 0.729 bits per heavy atom. The molecule has 2 nitrogen and oxygen atoms in total. The smallest absolute Gasteiger partial charge is 0.461 e. The lowest BCUT2D eigenvalue weighted by Gasteiger charge is -2.17. The molecule has 0 aliphatic rings. The van der Waals surface area contributed by atoms with Crippen molar-refractivity contribution in [1.29, 1.82) is 0 Å². The predicted octanol–water partition coefficient (Wildman–Crippen LogP) is 15.8. The summed E-state index contributed by atoms with van der Waals surface area (Å²) in [5, 5.41) is 0. The summed E-state index contributed by atoms with van der Waals surface area (Å²) in [6.07, 6.45) is 41.4. The topological polar surface area (TPSA) is 26.3 Å². The zero-order chi connectivity index (χ0) is 35.4. The van der Waals surface area contributed by atoms with Crippen LogP contribution in [0.25, 0.3) is 0 Å². The van der Waals surface area contributed by atoms with Crippen LogP contribution in [0.5, 0.6) is 0 Å². The Morgan fingerprint density at radius 1 is 0.354 bits per heavy atom. The summed E-state index contributed by atoms with van der Waals surface area (Å²) < 4.78 is 65.9. The number of esters is 1. The van der Waals surface area contributed by atoms with E-state index in [0.29, 0.717) is 12.8 Å². The van der Waals surface area contributed by atoms with Crippen LogP contribution in [0.15, 0.2) is 0 Å². The lowest BCUT2D eigenvalue weighted by Crippen LogP contribution is -2.45. The second-order valence-corrected chi connectivity index (χ2v) is 14.6. The fourth-order valence-electron chi connectivity index (χ4n) is 6.56. The zero-order valence-electron chi connectivity index (χ0n) is 31.4. The molecule has 0 saturated carbocycles. The van der Waals surface area contributed by atoms with Gasteiger partial charge in [0.1, 0.15) is 0 Å². The summed E-state index contributed by atoms with van der Waals surface area (Å²) in [5.41, 5.74) is 0. The lowest BCUT2D eigenvalue weighted by atomic mass is 10.0. The SMILES string of the molecule is CCCCCCCCCCCCCCCCCCCCCCCCCCCCCCCCCCCCCCOC(=O)C(F)(F)C(F)(F)F. The van der Waals surface area contributed by atoms with Gasteiger partial charge in [-0.15, -0.1) is 0 Å². The first-order valence-corrected chi connectivity index (χ1v) is 20.8. The highest BCUT2D eigenvalue weighted by molar-refractivity contribution is 5.78. The van der Waals surface area contributed by atoms with Gasteiger partial charge in [-0.25, -0.2) is 4.79 Å². The van der Waals surface area contributed by atoms with E-state index in [1.807, 2.05) is 0 Å². The van der Waals surface area contributed by atoms with Crippen LogP contribution in [0.1, 0.15) is 238 Å². The third-order valence-corrected chi connectivity index (χ3v) is 9.84. The third kappa shape index (κ3) is 31.1. The van der Waals surface area contributed by atoms with E-state index < -0.39 is 24.7 Å². The molecule has 0 aromatic heterocycles. The number of hydrogen-bond donors (Lipinski definition) is 0. The number of alkyl halides is 5. The molecule has 288 valence electrons. The monoisotopic (exact) mass is 697 g/mol. The van der Waals surface area contributed by atoms with E-state index in [9.17, 15) is 26.7 Å². The molecule has 0 aromatic carbocycles. The molecular formula is C41H77F5O2. The molecule has 0 bridgehead atoms. The first kappa shape index (κ1) is 47.1. The second-order valence-electron chi connectivity index (χ2n) is 14.6. The Morgan fingerprint density at radius 2 is 0.542 bits per heavy atom. The molecule has 0 amide bonds. The van der Waals surface area contributed by atoms with Gasteiger partial charge < -0.3 is 4.74 Å². The number of ether oxygens (including phenoxy) is 1. The summed E-state index contributed by atoms with van der Waals surface area (Å²) in [5.74, 6) is -7.94.